The number of amides is 1. The first-order valence-electron chi connectivity index (χ1n) is 7.58. The standard InChI is InChI=1S/C16H20N4O2/c1-17-15(21)12-7-9-20(10-8-12)11-14-18-19-16(22-14)13-5-3-2-4-6-13/h2-6,12H,7-11H2,1H3,(H,17,21). The smallest absolute Gasteiger partial charge is 0.247 e. The molecule has 0 bridgehead atoms. The number of nitrogens with zero attached hydrogens (tertiary/aromatic N) is 3. The van der Waals surface area contributed by atoms with Crippen LogP contribution < -0.4 is 5.32 Å². The zero-order valence-electron chi connectivity index (χ0n) is 12.7. The number of carbonyl (C=O) groups excluding carboxylic acids is 1. The van der Waals surface area contributed by atoms with Crippen LogP contribution in [0.3, 0.4) is 0 Å². The molecule has 1 aliphatic rings. The second-order valence-electron chi connectivity index (χ2n) is 5.53. The minimum atomic E-state index is 0.129. The lowest BCUT2D eigenvalue weighted by atomic mass is 9.96. The summed E-state index contributed by atoms with van der Waals surface area (Å²) in [7, 11) is 1.69. The molecule has 1 aromatic carbocycles. The lowest BCUT2D eigenvalue weighted by Gasteiger charge is -2.29. The number of likely N-dealkylation sites (tertiary alicyclic amines) is 1. The van der Waals surface area contributed by atoms with Crippen LogP contribution >= 0.6 is 0 Å². The van der Waals surface area contributed by atoms with Crippen molar-refractivity contribution in [3.63, 3.8) is 0 Å². The maximum atomic E-state index is 11.6. The van der Waals surface area contributed by atoms with Gasteiger partial charge in [-0.2, -0.15) is 0 Å². The third-order valence-corrected chi connectivity index (χ3v) is 4.05. The fourth-order valence-electron chi connectivity index (χ4n) is 2.76. The molecule has 1 aromatic heterocycles. The molecule has 0 spiro atoms. The van der Waals surface area contributed by atoms with Crippen molar-refractivity contribution in [1.29, 1.82) is 0 Å². The number of hydrogen-bond acceptors (Lipinski definition) is 5. The summed E-state index contributed by atoms with van der Waals surface area (Å²) < 4.78 is 5.72. The lowest BCUT2D eigenvalue weighted by Crippen LogP contribution is -2.39. The van der Waals surface area contributed by atoms with Crippen LogP contribution in [0.2, 0.25) is 0 Å². The normalized spacial score (nSPS) is 16.6. The molecule has 1 aliphatic heterocycles. The topological polar surface area (TPSA) is 71.3 Å². The quantitative estimate of drug-likeness (QED) is 0.930. The summed E-state index contributed by atoms with van der Waals surface area (Å²) in [4.78, 5) is 13.9. The van der Waals surface area contributed by atoms with E-state index >= 15 is 0 Å². The molecule has 22 heavy (non-hydrogen) atoms. The highest BCUT2D eigenvalue weighted by molar-refractivity contribution is 5.78. The number of aromatic nitrogens is 2. The molecule has 1 saturated heterocycles. The Hall–Kier alpha value is -2.21. The van der Waals surface area contributed by atoms with E-state index in [0.29, 0.717) is 18.3 Å². The first kappa shape index (κ1) is 14.7. The van der Waals surface area contributed by atoms with E-state index in [1.54, 1.807) is 7.05 Å². The van der Waals surface area contributed by atoms with E-state index in [-0.39, 0.29) is 11.8 Å². The van der Waals surface area contributed by atoms with Gasteiger partial charge in [0.25, 0.3) is 0 Å². The summed E-state index contributed by atoms with van der Waals surface area (Å²) >= 11 is 0. The summed E-state index contributed by atoms with van der Waals surface area (Å²) in [5, 5.41) is 10.9. The number of carbonyl (C=O) groups is 1. The molecule has 6 heteroatoms. The third kappa shape index (κ3) is 3.33. The summed E-state index contributed by atoms with van der Waals surface area (Å²) in [6, 6.07) is 9.75. The zero-order valence-corrected chi connectivity index (χ0v) is 12.7. The molecule has 0 atom stereocenters. The van der Waals surface area contributed by atoms with Crippen molar-refractivity contribution in [2.45, 2.75) is 19.4 Å². The molecule has 6 nitrogen and oxygen atoms in total. The van der Waals surface area contributed by atoms with Gasteiger partial charge in [-0.15, -0.1) is 10.2 Å². The van der Waals surface area contributed by atoms with Crippen molar-refractivity contribution in [1.82, 2.24) is 20.4 Å². The van der Waals surface area contributed by atoms with Crippen LogP contribution in [-0.2, 0) is 11.3 Å². The van der Waals surface area contributed by atoms with E-state index < -0.39 is 0 Å². The number of piperidine rings is 1. The van der Waals surface area contributed by atoms with Crippen molar-refractivity contribution in [3.05, 3.63) is 36.2 Å². The van der Waals surface area contributed by atoms with Gasteiger partial charge >= 0.3 is 0 Å². The summed E-state index contributed by atoms with van der Waals surface area (Å²) in [5.74, 6) is 1.45. The van der Waals surface area contributed by atoms with Crippen LogP contribution in [0, 0.1) is 5.92 Å². The van der Waals surface area contributed by atoms with Crippen molar-refractivity contribution in [2.24, 2.45) is 5.92 Å². The summed E-state index contributed by atoms with van der Waals surface area (Å²) in [6.45, 7) is 2.39. The molecular weight excluding hydrogens is 280 g/mol. The molecule has 1 amide bonds. The van der Waals surface area contributed by atoms with E-state index in [2.05, 4.69) is 20.4 Å². The Morgan fingerprint density at radius 1 is 1.27 bits per heavy atom. The molecule has 0 unspecified atom stereocenters. The third-order valence-electron chi connectivity index (χ3n) is 4.05. The maximum Gasteiger partial charge on any atom is 0.247 e. The minimum Gasteiger partial charge on any atom is -0.419 e. The lowest BCUT2D eigenvalue weighted by molar-refractivity contribution is -0.125. The Morgan fingerprint density at radius 2 is 2.00 bits per heavy atom. The molecule has 116 valence electrons. The van der Waals surface area contributed by atoms with Gasteiger partial charge in [0.1, 0.15) is 0 Å². The van der Waals surface area contributed by atoms with Crippen LogP contribution in [0.5, 0.6) is 0 Å². The van der Waals surface area contributed by atoms with E-state index in [0.717, 1.165) is 31.5 Å². The van der Waals surface area contributed by atoms with Crippen molar-refractivity contribution in [3.8, 4) is 11.5 Å². The van der Waals surface area contributed by atoms with E-state index in [4.69, 9.17) is 4.42 Å². The highest BCUT2D eigenvalue weighted by atomic mass is 16.4. The fourth-order valence-corrected chi connectivity index (χ4v) is 2.76. The number of hydrogen-bond donors (Lipinski definition) is 1. The van der Waals surface area contributed by atoms with Crippen molar-refractivity contribution in [2.75, 3.05) is 20.1 Å². The van der Waals surface area contributed by atoms with Gasteiger partial charge in [0.15, 0.2) is 0 Å². The Balaban J connectivity index is 1.57. The van der Waals surface area contributed by atoms with Gasteiger partial charge in [-0.25, -0.2) is 0 Å². The summed E-state index contributed by atoms with van der Waals surface area (Å²) in [6.07, 6.45) is 1.75. The molecule has 0 aliphatic carbocycles. The van der Waals surface area contributed by atoms with Gasteiger partial charge in [0, 0.05) is 18.5 Å². The Kier molecular flexibility index (Phi) is 4.48. The SMILES string of the molecule is CNC(=O)C1CCN(Cc2nnc(-c3ccccc3)o2)CC1. The molecule has 0 radical (unpaired) electrons. The number of benzene rings is 1. The second kappa shape index (κ2) is 6.70. The highest BCUT2D eigenvalue weighted by Crippen LogP contribution is 2.21. The van der Waals surface area contributed by atoms with Crippen molar-refractivity contribution >= 4 is 5.91 Å². The Morgan fingerprint density at radius 3 is 2.68 bits per heavy atom. The van der Waals surface area contributed by atoms with E-state index in [1.807, 2.05) is 30.3 Å². The van der Waals surface area contributed by atoms with Gasteiger partial charge in [-0.05, 0) is 38.1 Å². The van der Waals surface area contributed by atoms with Gasteiger partial charge in [-0.1, -0.05) is 18.2 Å². The van der Waals surface area contributed by atoms with Gasteiger partial charge in [-0.3, -0.25) is 9.69 Å². The largest absolute Gasteiger partial charge is 0.419 e. The minimum absolute atomic E-state index is 0.129. The van der Waals surface area contributed by atoms with E-state index in [1.165, 1.54) is 0 Å². The van der Waals surface area contributed by atoms with Crippen LogP contribution in [0.1, 0.15) is 18.7 Å². The van der Waals surface area contributed by atoms with Gasteiger partial charge < -0.3 is 9.73 Å². The molecule has 1 fully saturated rings. The number of rotatable bonds is 4. The molecule has 3 rings (SSSR count). The van der Waals surface area contributed by atoms with Crippen LogP contribution in [0.25, 0.3) is 11.5 Å². The van der Waals surface area contributed by atoms with Crippen LogP contribution in [0.4, 0.5) is 0 Å². The predicted octanol–water partition coefficient (Wildman–Crippen LogP) is 1.69. The molecule has 2 aromatic rings. The molecule has 2 heterocycles. The Labute approximate surface area is 129 Å². The molecule has 1 N–H and O–H groups in total. The molecular formula is C16H20N4O2. The fraction of sp³-hybridized carbons (Fsp3) is 0.438. The van der Waals surface area contributed by atoms with Crippen LogP contribution in [-0.4, -0.2) is 41.1 Å². The summed E-state index contributed by atoms with van der Waals surface area (Å²) in [5.41, 5.74) is 0.930. The Bertz CT molecular complexity index is 618. The first-order chi connectivity index (χ1) is 10.8. The maximum absolute atomic E-state index is 11.6. The average Bonchev–Trinajstić information content (AvgIpc) is 3.04. The molecule has 0 saturated carbocycles. The second-order valence-corrected chi connectivity index (χ2v) is 5.53. The zero-order chi connectivity index (χ0) is 15.4. The van der Waals surface area contributed by atoms with Crippen molar-refractivity contribution < 1.29 is 9.21 Å². The number of nitrogens with one attached hydrogen (secondary N) is 1. The average molecular weight is 300 g/mol. The van der Waals surface area contributed by atoms with Crippen LogP contribution in [0.15, 0.2) is 34.7 Å². The first-order valence-corrected chi connectivity index (χ1v) is 7.58. The monoisotopic (exact) mass is 300 g/mol. The van der Waals surface area contributed by atoms with Gasteiger partial charge in [0.05, 0.1) is 6.54 Å². The predicted molar refractivity (Wildman–Crippen MR) is 81.8 cm³/mol. The highest BCUT2D eigenvalue weighted by Gasteiger charge is 2.25. The van der Waals surface area contributed by atoms with E-state index in [9.17, 15) is 4.79 Å². The van der Waals surface area contributed by atoms with Gasteiger partial charge in [0.2, 0.25) is 17.7 Å².